The van der Waals surface area contributed by atoms with Crippen LogP contribution in [0.25, 0.3) is 54.3 Å². The van der Waals surface area contributed by atoms with Crippen molar-refractivity contribution in [1.29, 1.82) is 0 Å². The number of aromatic amines is 1. The first-order valence-electron chi connectivity index (χ1n) is 8.35. The van der Waals surface area contributed by atoms with Crippen molar-refractivity contribution in [3.8, 4) is 0 Å². The van der Waals surface area contributed by atoms with Crippen molar-refractivity contribution in [2.45, 2.75) is 0 Å². The summed E-state index contributed by atoms with van der Waals surface area (Å²) in [6.07, 6.45) is 3.59. The van der Waals surface area contributed by atoms with Gasteiger partial charge in [-0.2, -0.15) is 0 Å². The summed E-state index contributed by atoms with van der Waals surface area (Å²) in [6.45, 7) is 0. The second kappa shape index (κ2) is 4.54. The third-order valence-electron chi connectivity index (χ3n) is 5.12. The zero-order chi connectivity index (χ0) is 16.4. The molecule has 3 heteroatoms. The van der Waals surface area contributed by atoms with E-state index in [0.29, 0.717) is 0 Å². The van der Waals surface area contributed by atoms with Gasteiger partial charge in [-0.15, -0.1) is 0 Å². The third-order valence-corrected chi connectivity index (χ3v) is 5.12. The molecular weight excluding hydrogens is 306 g/mol. The largest absolute Gasteiger partial charge is 0.359 e. The molecular formula is C22H13N3. The molecule has 0 fully saturated rings. The van der Waals surface area contributed by atoms with E-state index in [1.807, 2.05) is 12.3 Å². The van der Waals surface area contributed by atoms with Gasteiger partial charge in [0.15, 0.2) is 0 Å². The molecule has 0 bridgehead atoms. The average Bonchev–Trinajstić information content (AvgIpc) is 3.17. The van der Waals surface area contributed by atoms with Gasteiger partial charge in [0.25, 0.3) is 0 Å². The molecule has 0 saturated heterocycles. The maximum absolute atomic E-state index is 4.54. The van der Waals surface area contributed by atoms with Crippen LogP contribution in [0, 0.1) is 0 Å². The monoisotopic (exact) mass is 319 g/mol. The molecule has 0 aliphatic heterocycles. The van der Waals surface area contributed by atoms with Crippen LogP contribution < -0.4 is 0 Å². The van der Waals surface area contributed by atoms with Crippen LogP contribution >= 0.6 is 0 Å². The fraction of sp³-hybridized carbons (Fsp3) is 0. The molecule has 0 spiro atoms. The zero-order valence-electron chi connectivity index (χ0n) is 13.3. The Kier molecular flexibility index (Phi) is 2.35. The number of hydrogen-bond donors (Lipinski definition) is 1. The molecule has 1 N–H and O–H groups in total. The van der Waals surface area contributed by atoms with Crippen molar-refractivity contribution in [2.24, 2.45) is 0 Å². The molecule has 25 heavy (non-hydrogen) atoms. The number of rotatable bonds is 0. The lowest BCUT2D eigenvalue weighted by Crippen LogP contribution is -1.86. The zero-order valence-corrected chi connectivity index (χ0v) is 13.3. The van der Waals surface area contributed by atoms with Gasteiger partial charge in [-0.05, 0) is 45.1 Å². The minimum absolute atomic E-state index is 0.934. The molecule has 6 rings (SSSR count). The van der Waals surface area contributed by atoms with Crippen LogP contribution in [0.15, 0.2) is 73.2 Å². The van der Waals surface area contributed by atoms with Crippen LogP contribution in [0.4, 0.5) is 0 Å². The van der Waals surface area contributed by atoms with E-state index >= 15 is 0 Å². The number of fused-ring (bicyclic) bond motifs is 9. The van der Waals surface area contributed by atoms with Gasteiger partial charge in [0, 0.05) is 17.0 Å². The summed E-state index contributed by atoms with van der Waals surface area (Å²) in [7, 11) is 0. The van der Waals surface area contributed by atoms with Gasteiger partial charge in [0.2, 0.25) is 0 Å². The molecule has 0 saturated carbocycles. The molecule has 0 amide bonds. The van der Waals surface area contributed by atoms with Gasteiger partial charge >= 0.3 is 0 Å². The molecule has 2 heterocycles. The topological polar surface area (TPSA) is 41.6 Å². The third kappa shape index (κ3) is 1.64. The maximum Gasteiger partial charge on any atom is 0.117 e. The van der Waals surface area contributed by atoms with Gasteiger partial charge in [-0.1, -0.05) is 42.5 Å². The fourth-order valence-corrected chi connectivity index (χ4v) is 3.98. The Bertz CT molecular complexity index is 1440. The van der Waals surface area contributed by atoms with E-state index in [9.17, 15) is 0 Å². The minimum atomic E-state index is 0.934. The Morgan fingerprint density at radius 3 is 2.44 bits per heavy atom. The van der Waals surface area contributed by atoms with Crippen LogP contribution in [0.1, 0.15) is 0 Å². The van der Waals surface area contributed by atoms with Gasteiger partial charge < -0.3 is 4.98 Å². The summed E-state index contributed by atoms with van der Waals surface area (Å²) in [5.74, 6) is 0. The lowest BCUT2D eigenvalue weighted by Gasteiger charge is -2.10. The van der Waals surface area contributed by atoms with Crippen molar-refractivity contribution in [2.75, 3.05) is 0 Å². The number of nitrogens with zero attached hydrogens (tertiary/aromatic N) is 2. The molecule has 4 aromatic carbocycles. The second-order valence-electron chi connectivity index (χ2n) is 6.44. The molecule has 0 atom stereocenters. The summed E-state index contributed by atoms with van der Waals surface area (Å²) in [6, 6.07) is 21.7. The maximum atomic E-state index is 4.54. The molecule has 0 aliphatic rings. The molecule has 0 radical (unpaired) electrons. The van der Waals surface area contributed by atoms with Crippen molar-refractivity contribution in [1.82, 2.24) is 15.0 Å². The summed E-state index contributed by atoms with van der Waals surface area (Å²) in [4.78, 5) is 12.4. The quantitative estimate of drug-likeness (QED) is 0.294. The molecule has 0 unspecified atom stereocenters. The minimum Gasteiger partial charge on any atom is -0.359 e. The van der Waals surface area contributed by atoms with Crippen molar-refractivity contribution in [3.05, 3.63) is 73.2 Å². The Morgan fingerprint density at radius 2 is 1.44 bits per heavy atom. The van der Waals surface area contributed by atoms with Crippen LogP contribution in [0.2, 0.25) is 0 Å². The lowest BCUT2D eigenvalue weighted by molar-refractivity contribution is 1.34. The highest BCUT2D eigenvalue weighted by molar-refractivity contribution is 6.26. The Labute approximate surface area is 142 Å². The summed E-state index contributed by atoms with van der Waals surface area (Å²) >= 11 is 0. The van der Waals surface area contributed by atoms with Crippen molar-refractivity contribution < 1.29 is 0 Å². The molecule has 3 nitrogen and oxygen atoms in total. The predicted molar refractivity (Wildman–Crippen MR) is 104 cm³/mol. The van der Waals surface area contributed by atoms with E-state index in [-0.39, 0.29) is 0 Å². The SMILES string of the molecule is c1ccc2c(c1)ccc1cc3c(cc12)c1ccc[nH]c1c1ncnc31. The number of nitrogens with one attached hydrogen (secondary N) is 1. The number of hydrogen-bond acceptors (Lipinski definition) is 2. The highest BCUT2D eigenvalue weighted by Gasteiger charge is 2.13. The Balaban J connectivity index is 1.95. The van der Waals surface area contributed by atoms with E-state index in [1.54, 1.807) is 6.33 Å². The molecule has 116 valence electrons. The number of imidazole rings is 1. The van der Waals surface area contributed by atoms with Crippen molar-refractivity contribution >= 4 is 54.3 Å². The summed E-state index contributed by atoms with van der Waals surface area (Å²) < 4.78 is 0. The molecule has 0 aliphatic carbocycles. The highest BCUT2D eigenvalue weighted by Crippen LogP contribution is 2.36. The van der Waals surface area contributed by atoms with Gasteiger partial charge in [-0.25, -0.2) is 9.97 Å². The number of pyridine rings is 1. The van der Waals surface area contributed by atoms with Gasteiger partial charge in [0.05, 0.1) is 5.52 Å². The van der Waals surface area contributed by atoms with Crippen LogP contribution in [0.5, 0.6) is 0 Å². The fourth-order valence-electron chi connectivity index (χ4n) is 3.98. The van der Waals surface area contributed by atoms with E-state index in [1.165, 1.54) is 32.3 Å². The Morgan fingerprint density at radius 1 is 0.600 bits per heavy atom. The predicted octanol–water partition coefficient (Wildman–Crippen LogP) is 5.57. The first-order valence-corrected chi connectivity index (χ1v) is 8.35. The first-order chi connectivity index (χ1) is 12.4. The van der Waals surface area contributed by atoms with Crippen molar-refractivity contribution in [3.63, 3.8) is 0 Å². The van der Waals surface area contributed by atoms with E-state index in [4.69, 9.17) is 0 Å². The summed E-state index contributed by atoms with van der Waals surface area (Å²) in [5, 5.41) is 8.60. The van der Waals surface area contributed by atoms with E-state index in [2.05, 4.69) is 69.5 Å². The van der Waals surface area contributed by atoms with Crippen LogP contribution in [-0.2, 0) is 0 Å². The van der Waals surface area contributed by atoms with Gasteiger partial charge in [0.1, 0.15) is 17.4 Å². The van der Waals surface area contributed by atoms with E-state index < -0.39 is 0 Å². The average molecular weight is 319 g/mol. The molecule has 6 aromatic rings. The van der Waals surface area contributed by atoms with Gasteiger partial charge in [-0.3, -0.25) is 0 Å². The van der Waals surface area contributed by atoms with Crippen LogP contribution in [0.3, 0.4) is 0 Å². The smallest absolute Gasteiger partial charge is 0.117 e. The first kappa shape index (κ1) is 12.9. The number of benzene rings is 4. The Hall–Kier alpha value is -3.46. The second-order valence-corrected chi connectivity index (χ2v) is 6.44. The normalized spacial score (nSPS) is 12.0. The summed E-state index contributed by atoms with van der Waals surface area (Å²) in [5.41, 5.74) is 2.94. The lowest BCUT2D eigenvalue weighted by atomic mass is 9.95. The molecule has 2 aromatic heterocycles. The standard InChI is InChI=1S/C22H13N3/c1-2-5-15-13(4-1)7-8-14-10-19-18(11-17(14)15)16-6-3-9-23-20(16)22-21(19)24-12-25-22/h1-12,23H. The van der Waals surface area contributed by atoms with E-state index in [0.717, 1.165) is 21.9 Å². The number of aromatic nitrogens is 3. The van der Waals surface area contributed by atoms with Crippen LogP contribution in [-0.4, -0.2) is 15.0 Å². The number of H-pyrrole nitrogens is 1. The highest BCUT2D eigenvalue weighted by atomic mass is 14.9.